The zero-order valence-electron chi connectivity index (χ0n) is 20.6. The van der Waals surface area contributed by atoms with Gasteiger partial charge in [-0.1, -0.05) is 0 Å². The van der Waals surface area contributed by atoms with Crippen LogP contribution in [0.2, 0.25) is 0 Å². The summed E-state index contributed by atoms with van der Waals surface area (Å²) in [5.41, 5.74) is 8.28. The molecular formula is C23H31N5O8S. The smallest absolute Gasteiger partial charge is 0.325 e. The Labute approximate surface area is 217 Å². The summed E-state index contributed by atoms with van der Waals surface area (Å²) in [6.07, 6.45) is -0.692. The number of esters is 2. The van der Waals surface area contributed by atoms with Crippen molar-refractivity contribution in [3.05, 3.63) is 23.7 Å². The van der Waals surface area contributed by atoms with Gasteiger partial charge in [-0.2, -0.15) is 5.06 Å². The number of carbonyl (C=O) groups excluding carboxylic acids is 5. The van der Waals surface area contributed by atoms with Gasteiger partial charge in [0.05, 0.1) is 34.6 Å². The molecule has 1 unspecified atom stereocenters. The number of aromatic nitrogens is 1. The second-order valence-electron chi connectivity index (χ2n) is 7.79. The van der Waals surface area contributed by atoms with Gasteiger partial charge in [0.25, 0.3) is 5.91 Å². The summed E-state index contributed by atoms with van der Waals surface area (Å²) in [7, 11) is 0. The first-order valence-corrected chi connectivity index (χ1v) is 12.5. The van der Waals surface area contributed by atoms with Crippen molar-refractivity contribution >= 4 is 56.9 Å². The molecule has 0 bridgehead atoms. The molecule has 0 radical (unpaired) electrons. The summed E-state index contributed by atoms with van der Waals surface area (Å²) in [5.74, 6) is -3.35. The zero-order chi connectivity index (χ0) is 27.4. The molecule has 0 aliphatic heterocycles. The lowest BCUT2D eigenvalue weighted by Crippen LogP contribution is -2.48. The van der Waals surface area contributed by atoms with Crippen molar-refractivity contribution in [2.75, 3.05) is 24.8 Å². The fraction of sp³-hybridized carbons (Fsp3) is 0.478. The Morgan fingerprint density at radius 1 is 1.11 bits per heavy atom. The molecule has 0 aliphatic carbocycles. The van der Waals surface area contributed by atoms with Gasteiger partial charge in [0.1, 0.15) is 18.6 Å². The highest BCUT2D eigenvalue weighted by molar-refractivity contribution is 7.16. The molecule has 1 aromatic heterocycles. The summed E-state index contributed by atoms with van der Waals surface area (Å²) in [6.45, 7) is 3.09. The van der Waals surface area contributed by atoms with Gasteiger partial charge in [0, 0.05) is 12.8 Å². The van der Waals surface area contributed by atoms with E-state index in [1.54, 1.807) is 31.5 Å². The van der Waals surface area contributed by atoms with E-state index >= 15 is 0 Å². The minimum Gasteiger partial charge on any atom is -0.465 e. The maximum atomic E-state index is 12.7. The molecule has 0 spiro atoms. The maximum absolute atomic E-state index is 12.7. The maximum Gasteiger partial charge on any atom is 0.325 e. The van der Waals surface area contributed by atoms with E-state index in [0.29, 0.717) is 5.06 Å². The molecule has 2 atom stereocenters. The van der Waals surface area contributed by atoms with Gasteiger partial charge in [-0.3, -0.25) is 29.2 Å². The molecule has 13 nitrogen and oxygen atoms in total. The van der Waals surface area contributed by atoms with Crippen molar-refractivity contribution in [1.29, 1.82) is 0 Å². The Morgan fingerprint density at radius 3 is 2.54 bits per heavy atom. The van der Waals surface area contributed by atoms with E-state index < -0.39 is 48.3 Å². The van der Waals surface area contributed by atoms with E-state index in [9.17, 15) is 29.2 Å². The monoisotopic (exact) mass is 537 g/mol. The average Bonchev–Trinajstić information content (AvgIpc) is 3.35. The third-order valence-corrected chi connectivity index (χ3v) is 5.87. The lowest BCUT2D eigenvalue weighted by Gasteiger charge is -2.20. The van der Waals surface area contributed by atoms with Crippen molar-refractivity contribution in [1.82, 2.24) is 15.6 Å². The Morgan fingerprint density at radius 2 is 1.84 bits per heavy atom. The predicted molar refractivity (Wildman–Crippen MR) is 134 cm³/mol. The van der Waals surface area contributed by atoms with E-state index in [4.69, 9.17) is 15.2 Å². The average molecular weight is 538 g/mol. The van der Waals surface area contributed by atoms with Crippen molar-refractivity contribution in [2.45, 2.75) is 51.6 Å². The molecule has 3 amide bonds. The molecule has 5 N–H and O–H groups in total. The number of carbonyl (C=O) groups is 5. The van der Waals surface area contributed by atoms with Crippen molar-refractivity contribution in [3.63, 3.8) is 0 Å². The van der Waals surface area contributed by atoms with E-state index in [0.717, 1.165) is 10.2 Å². The number of nitrogens with one attached hydrogen (secondary N) is 2. The standard InChI is InChI=1S/C23H31N5O8S/c1-3-35-21(31)12-25-22(32)17(27-19(29)9-6-15(24)23(33)36-4-2)8-10-20(30)28(34)14-5-7-16-18(11-14)37-13-26-16/h5,7,11,13,15,17,34H,3-4,6,8-10,12,24H2,1-2H3,(H,25,32)(H,27,29)/t15?,17-/m0/s1. The number of anilines is 1. The van der Waals surface area contributed by atoms with Crippen LogP contribution >= 0.6 is 11.3 Å². The van der Waals surface area contributed by atoms with E-state index in [-0.39, 0.29) is 44.6 Å². The number of ether oxygens (including phenoxy) is 2. The van der Waals surface area contributed by atoms with Gasteiger partial charge < -0.3 is 25.8 Å². The molecule has 1 heterocycles. The first-order chi connectivity index (χ1) is 17.7. The lowest BCUT2D eigenvalue weighted by atomic mass is 10.1. The van der Waals surface area contributed by atoms with E-state index in [1.807, 2.05) is 0 Å². The quantitative estimate of drug-likeness (QED) is 0.151. The molecule has 1 aromatic carbocycles. The number of nitrogens with zero attached hydrogens (tertiary/aromatic N) is 2. The molecule has 2 aromatic rings. The van der Waals surface area contributed by atoms with Crippen molar-refractivity contribution < 1.29 is 38.7 Å². The fourth-order valence-electron chi connectivity index (χ4n) is 3.18. The number of hydroxylamine groups is 1. The summed E-state index contributed by atoms with van der Waals surface area (Å²) >= 11 is 1.35. The number of hydrogen-bond donors (Lipinski definition) is 4. The third kappa shape index (κ3) is 9.40. The fourth-order valence-corrected chi connectivity index (χ4v) is 3.89. The Balaban J connectivity index is 2.00. The van der Waals surface area contributed by atoms with Crippen molar-refractivity contribution in [3.8, 4) is 0 Å². The number of nitrogens with two attached hydrogens (primary N) is 1. The zero-order valence-corrected chi connectivity index (χ0v) is 21.4. The van der Waals surface area contributed by atoms with Crippen LogP contribution in [0.15, 0.2) is 23.7 Å². The highest BCUT2D eigenvalue weighted by Crippen LogP contribution is 2.24. The SMILES string of the molecule is CCOC(=O)CNC(=O)[C@H](CCC(=O)N(O)c1ccc2ncsc2c1)NC(=O)CCC(N)C(=O)OCC. The van der Waals surface area contributed by atoms with Gasteiger partial charge in [-0.25, -0.2) is 4.98 Å². The minimum absolute atomic E-state index is 0.0226. The van der Waals surface area contributed by atoms with Crippen LogP contribution in [0.5, 0.6) is 0 Å². The minimum atomic E-state index is -1.21. The number of thiazole rings is 1. The third-order valence-electron chi connectivity index (χ3n) is 5.08. The largest absolute Gasteiger partial charge is 0.465 e. The molecule has 0 saturated heterocycles. The Hall–Kier alpha value is -3.62. The van der Waals surface area contributed by atoms with Crippen LogP contribution in [0.3, 0.4) is 0 Å². The Bertz CT molecular complexity index is 1110. The molecule has 0 fully saturated rings. The first-order valence-electron chi connectivity index (χ1n) is 11.7. The van der Waals surface area contributed by atoms with Crippen LogP contribution in [0.25, 0.3) is 10.2 Å². The molecule has 2 rings (SSSR count). The molecule has 0 aliphatic rings. The highest BCUT2D eigenvalue weighted by Gasteiger charge is 2.25. The van der Waals surface area contributed by atoms with Crippen molar-refractivity contribution in [2.24, 2.45) is 5.73 Å². The topological polar surface area (TPSA) is 190 Å². The summed E-state index contributed by atoms with van der Waals surface area (Å²) < 4.78 is 10.3. The summed E-state index contributed by atoms with van der Waals surface area (Å²) in [4.78, 5) is 65.1. The van der Waals surface area contributed by atoms with Crippen LogP contribution in [0.1, 0.15) is 39.5 Å². The van der Waals surface area contributed by atoms with Gasteiger partial charge in [-0.05, 0) is 44.9 Å². The van der Waals surface area contributed by atoms with Gasteiger partial charge in [0.2, 0.25) is 11.8 Å². The lowest BCUT2D eigenvalue weighted by molar-refractivity contribution is -0.145. The molecule has 37 heavy (non-hydrogen) atoms. The Kier molecular flexibility index (Phi) is 11.9. The highest BCUT2D eigenvalue weighted by atomic mass is 32.1. The van der Waals surface area contributed by atoms with Crippen LogP contribution < -0.4 is 21.4 Å². The molecule has 14 heteroatoms. The molecule has 202 valence electrons. The molecule has 0 saturated carbocycles. The number of rotatable bonds is 14. The summed E-state index contributed by atoms with van der Waals surface area (Å²) in [6, 6.07) is 2.57. The van der Waals surface area contributed by atoms with Crippen LogP contribution in [-0.4, -0.2) is 71.7 Å². The number of amides is 3. The number of fused-ring (bicyclic) bond motifs is 1. The van der Waals surface area contributed by atoms with Gasteiger partial charge in [-0.15, -0.1) is 11.3 Å². The van der Waals surface area contributed by atoms with E-state index in [2.05, 4.69) is 15.6 Å². The number of hydrogen-bond acceptors (Lipinski definition) is 11. The van der Waals surface area contributed by atoms with Crippen LogP contribution in [0, 0.1) is 0 Å². The second-order valence-corrected chi connectivity index (χ2v) is 8.68. The number of benzene rings is 1. The first kappa shape index (κ1) is 29.6. The van der Waals surface area contributed by atoms with Crippen LogP contribution in [-0.2, 0) is 33.4 Å². The van der Waals surface area contributed by atoms with Crippen LogP contribution in [0.4, 0.5) is 5.69 Å². The second kappa shape index (κ2) is 14.8. The normalized spacial score (nSPS) is 12.3. The molecular weight excluding hydrogens is 506 g/mol. The van der Waals surface area contributed by atoms with Gasteiger partial charge >= 0.3 is 11.9 Å². The summed E-state index contributed by atoms with van der Waals surface area (Å²) in [5, 5.41) is 15.7. The van der Waals surface area contributed by atoms with Gasteiger partial charge in [0.15, 0.2) is 0 Å². The predicted octanol–water partition coefficient (Wildman–Crippen LogP) is 0.633. The van der Waals surface area contributed by atoms with E-state index in [1.165, 1.54) is 17.4 Å².